The van der Waals surface area contributed by atoms with Gasteiger partial charge in [0, 0.05) is 24.8 Å². The van der Waals surface area contributed by atoms with Gasteiger partial charge in [0.1, 0.15) is 5.82 Å². The van der Waals surface area contributed by atoms with E-state index in [1.165, 1.54) is 24.3 Å². The summed E-state index contributed by atoms with van der Waals surface area (Å²) >= 11 is 0. The number of piperidine rings is 2. The Morgan fingerprint density at radius 1 is 1.08 bits per heavy atom. The van der Waals surface area contributed by atoms with Crippen molar-refractivity contribution in [2.24, 2.45) is 0 Å². The highest BCUT2D eigenvalue weighted by molar-refractivity contribution is 5.89. The first-order valence-electron chi connectivity index (χ1n) is 8.97. The summed E-state index contributed by atoms with van der Waals surface area (Å²) in [4.78, 5) is 26.4. The summed E-state index contributed by atoms with van der Waals surface area (Å²) in [6.07, 6.45) is 4.64. The number of hydrogen-bond acceptors (Lipinski definition) is 3. The van der Waals surface area contributed by atoms with E-state index in [0.29, 0.717) is 18.8 Å². The van der Waals surface area contributed by atoms with Crippen LogP contribution in [0.4, 0.5) is 14.9 Å². The highest BCUT2D eigenvalue weighted by Gasteiger charge is 2.29. The van der Waals surface area contributed by atoms with Crippen LogP contribution in [0.5, 0.6) is 0 Å². The van der Waals surface area contributed by atoms with Crippen molar-refractivity contribution >= 4 is 17.6 Å². The number of urea groups is 1. The van der Waals surface area contributed by atoms with Crippen LogP contribution >= 0.6 is 0 Å². The number of carbonyl (C=O) groups excluding carboxylic acids is 2. The molecule has 0 aliphatic carbocycles. The molecule has 0 radical (unpaired) electrons. The number of anilines is 1. The SMILES string of the molecule is O=C(Nc1ccc(F)cc1)NC1CCN(C(=O)C2CCCCN2)CC1. The first-order valence-corrected chi connectivity index (χ1v) is 8.97. The van der Waals surface area contributed by atoms with Crippen LogP contribution in [0.25, 0.3) is 0 Å². The van der Waals surface area contributed by atoms with Crippen molar-refractivity contribution in [3.8, 4) is 0 Å². The zero-order valence-electron chi connectivity index (χ0n) is 14.3. The molecule has 2 aliphatic rings. The summed E-state index contributed by atoms with van der Waals surface area (Å²) in [5.41, 5.74) is 0.551. The highest BCUT2D eigenvalue weighted by atomic mass is 19.1. The normalized spacial score (nSPS) is 21.6. The molecule has 136 valence electrons. The van der Waals surface area contributed by atoms with Crippen LogP contribution in [0, 0.1) is 5.82 Å². The van der Waals surface area contributed by atoms with Crippen molar-refractivity contribution in [2.75, 3.05) is 25.0 Å². The lowest BCUT2D eigenvalue weighted by atomic mass is 10.0. The molecular formula is C18H25FN4O2. The fraction of sp³-hybridized carbons (Fsp3) is 0.556. The molecule has 0 bridgehead atoms. The van der Waals surface area contributed by atoms with Crippen LogP contribution in [0.3, 0.4) is 0 Å². The molecule has 1 aromatic rings. The first kappa shape index (κ1) is 17.7. The predicted octanol–water partition coefficient (Wildman–Crippen LogP) is 2.08. The number of amides is 3. The second-order valence-electron chi connectivity index (χ2n) is 6.71. The van der Waals surface area contributed by atoms with E-state index in [-0.39, 0.29) is 29.8 Å². The van der Waals surface area contributed by atoms with Crippen molar-refractivity contribution < 1.29 is 14.0 Å². The van der Waals surface area contributed by atoms with Crippen LogP contribution in [-0.2, 0) is 4.79 Å². The van der Waals surface area contributed by atoms with Gasteiger partial charge in [0.2, 0.25) is 5.91 Å². The quantitative estimate of drug-likeness (QED) is 0.783. The van der Waals surface area contributed by atoms with E-state index in [2.05, 4.69) is 16.0 Å². The Balaban J connectivity index is 1.41. The van der Waals surface area contributed by atoms with Gasteiger partial charge in [0.25, 0.3) is 0 Å². The number of carbonyl (C=O) groups is 2. The van der Waals surface area contributed by atoms with Crippen LogP contribution in [0.2, 0.25) is 0 Å². The monoisotopic (exact) mass is 348 g/mol. The maximum absolute atomic E-state index is 12.9. The number of halogens is 1. The van der Waals surface area contributed by atoms with Crippen molar-refractivity contribution in [1.82, 2.24) is 15.5 Å². The van der Waals surface area contributed by atoms with Gasteiger partial charge in [-0.3, -0.25) is 4.79 Å². The Hall–Kier alpha value is -2.15. The van der Waals surface area contributed by atoms with E-state index in [1.807, 2.05) is 4.90 Å². The molecule has 3 amide bonds. The molecule has 3 N–H and O–H groups in total. The first-order chi connectivity index (χ1) is 12.1. The Labute approximate surface area is 147 Å². The minimum absolute atomic E-state index is 0.0416. The third-order valence-corrected chi connectivity index (χ3v) is 4.85. The molecule has 25 heavy (non-hydrogen) atoms. The minimum Gasteiger partial charge on any atom is -0.341 e. The van der Waals surface area contributed by atoms with Crippen molar-refractivity contribution in [1.29, 1.82) is 0 Å². The topological polar surface area (TPSA) is 73.5 Å². The molecule has 0 aromatic heterocycles. The number of hydrogen-bond donors (Lipinski definition) is 3. The Bertz CT molecular complexity index is 594. The van der Waals surface area contributed by atoms with Gasteiger partial charge < -0.3 is 20.9 Å². The predicted molar refractivity (Wildman–Crippen MR) is 93.8 cm³/mol. The minimum atomic E-state index is -0.338. The summed E-state index contributed by atoms with van der Waals surface area (Å²) in [7, 11) is 0. The average Bonchev–Trinajstić information content (AvgIpc) is 2.64. The molecule has 0 saturated carbocycles. The molecule has 1 atom stereocenters. The fourth-order valence-corrected chi connectivity index (χ4v) is 3.41. The van der Waals surface area contributed by atoms with Crippen molar-refractivity contribution in [3.63, 3.8) is 0 Å². The lowest BCUT2D eigenvalue weighted by molar-refractivity contribution is -0.135. The van der Waals surface area contributed by atoms with E-state index < -0.39 is 0 Å². The number of nitrogens with one attached hydrogen (secondary N) is 3. The number of nitrogens with zero attached hydrogens (tertiary/aromatic N) is 1. The van der Waals surface area contributed by atoms with Crippen LogP contribution in [0.1, 0.15) is 32.1 Å². The molecule has 2 saturated heterocycles. The van der Waals surface area contributed by atoms with Gasteiger partial charge in [-0.25, -0.2) is 9.18 Å². The summed E-state index contributed by atoms with van der Waals surface area (Å²) < 4.78 is 12.9. The summed E-state index contributed by atoms with van der Waals surface area (Å²) in [5.74, 6) is -0.149. The zero-order chi connectivity index (χ0) is 17.6. The van der Waals surface area contributed by atoms with Crippen molar-refractivity contribution in [3.05, 3.63) is 30.1 Å². The van der Waals surface area contributed by atoms with E-state index in [1.54, 1.807) is 0 Å². The van der Waals surface area contributed by atoms with Crippen LogP contribution in [0.15, 0.2) is 24.3 Å². The average molecular weight is 348 g/mol. The van der Waals surface area contributed by atoms with Crippen LogP contribution < -0.4 is 16.0 Å². The second kappa shape index (κ2) is 8.29. The molecule has 2 aliphatic heterocycles. The lowest BCUT2D eigenvalue weighted by Crippen LogP contribution is -2.53. The molecule has 2 fully saturated rings. The molecule has 3 rings (SSSR count). The highest BCUT2D eigenvalue weighted by Crippen LogP contribution is 2.16. The number of likely N-dealkylation sites (tertiary alicyclic amines) is 1. The third-order valence-electron chi connectivity index (χ3n) is 4.85. The zero-order valence-corrected chi connectivity index (χ0v) is 14.3. The Morgan fingerprint density at radius 3 is 2.44 bits per heavy atom. The van der Waals surface area contributed by atoms with Gasteiger partial charge in [0.05, 0.1) is 6.04 Å². The van der Waals surface area contributed by atoms with Gasteiger partial charge in [-0.15, -0.1) is 0 Å². The number of rotatable bonds is 3. The molecular weight excluding hydrogens is 323 g/mol. The van der Waals surface area contributed by atoms with E-state index in [4.69, 9.17) is 0 Å². The summed E-state index contributed by atoms with van der Waals surface area (Å²) in [6.45, 7) is 2.25. The van der Waals surface area contributed by atoms with Gasteiger partial charge in [0.15, 0.2) is 0 Å². The van der Waals surface area contributed by atoms with Gasteiger partial charge in [-0.2, -0.15) is 0 Å². The molecule has 1 aromatic carbocycles. The third kappa shape index (κ3) is 4.92. The summed E-state index contributed by atoms with van der Waals surface area (Å²) in [5, 5.41) is 8.91. The largest absolute Gasteiger partial charge is 0.341 e. The Morgan fingerprint density at radius 2 is 1.80 bits per heavy atom. The van der Waals surface area contributed by atoms with E-state index >= 15 is 0 Å². The second-order valence-corrected chi connectivity index (χ2v) is 6.71. The molecule has 2 heterocycles. The lowest BCUT2D eigenvalue weighted by Gasteiger charge is -2.35. The van der Waals surface area contributed by atoms with Crippen molar-refractivity contribution in [2.45, 2.75) is 44.2 Å². The number of benzene rings is 1. The fourth-order valence-electron chi connectivity index (χ4n) is 3.41. The maximum atomic E-state index is 12.9. The molecule has 6 nitrogen and oxygen atoms in total. The van der Waals surface area contributed by atoms with Gasteiger partial charge in [-0.1, -0.05) is 6.42 Å². The standard InChI is InChI=1S/C18H25FN4O2/c19-13-4-6-14(7-5-13)21-18(25)22-15-8-11-23(12-9-15)17(24)16-3-1-2-10-20-16/h4-7,15-16,20H,1-3,8-12H2,(H2,21,22,25). The van der Waals surface area contributed by atoms with Crippen LogP contribution in [-0.4, -0.2) is 48.6 Å². The van der Waals surface area contributed by atoms with Gasteiger partial charge in [-0.05, 0) is 56.5 Å². The van der Waals surface area contributed by atoms with E-state index in [9.17, 15) is 14.0 Å². The van der Waals surface area contributed by atoms with E-state index in [0.717, 1.165) is 38.6 Å². The Kier molecular flexibility index (Phi) is 5.86. The molecule has 0 spiro atoms. The smallest absolute Gasteiger partial charge is 0.319 e. The summed E-state index contributed by atoms with van der Waals surface area (Å²) in [6, 6.07) is 5.35. The van der Waals surface area contributed by atoms with Gasteiger partial charge >= 0.3 is 6.03 Å². The molecule has 7 heteroatoms. The molecule has 1 unspecified atom stereocenters. The maximum Gasteiger partial charge on any atom is 0.319 e.